The SMILES string of the molecule is CC(C)CC(N)C(=O)NC(CO)C(=O)NC(Cc1ccc(O)cc1)C(=O)NC(Cc1ccc(O)cc1)C(=O)O. The van der Waals surface area contributed by atoms with E-state index in [0.29, 0.717) is 17.5 Å². The average Bonchev–Trinajstić information content (AvgIpc) is 2.88. The molecule has 2 aromatic rings. The van der Waals surface area contributed by atoms with E-state index in [1.54, 1.807) is 0 Å². The molecule has 4 unspecified atom stereocenters. The lowest BCUT2D eigenvalue weighted by atomic mass is 10.0. The number of amides is 3. The fourth-order valence-corrected chi connectivity index (χ4v) is 3.78. The van der Waals surface area contributed by atoms with Crippen molar-refractivity contribution in [3.63, 3.8) is 0 Å². The number of benzene rings is 2. The number of aromatic hydroxyl groups is 2. The standard InChI is InChI=1S/C27H36N4O8/c1-15(2)11-20(28)24(35)31-23(14-32)26(37)29-21(12-16-3-7-18(33)8-4-16)25(36)30-22(27(38)39)13-17-5-9-19(34)10-6-17/h3-10,15,20-23,32-34H,11-14,28H2,1-2H3,(H,29,37)(H,30,36)(H,31,35)(H,38,39). The van der Waals surface area contributed by atoms with Crippen LogP contribution in [0, 0.1) is 5.92 Å². The van der Waals surface area contributed by atoms with Crippen molar-refractivity contribution >= 4 is 23.7 Å². The quantitative estimate of drug-likeness (QED) is 0.158. The summed E-state index contributed by atoms with van der Waals surface area (Å²) in [4.78, 5) is 50.5. The van der Waals surface area contributed by atoms with Gasteiger partial charge in [0.1, 0.15) is 29.6 Å². The molecule has 0 spiro atoms. The van der Waals surface area contributed by atoms with E-state index in [2.05, 4.69) is 16.0 Å². The van der Waals surface area contributed by atoms with Crippen molar-refractivity contribution in [3.05, 3.63) is 59.7 Å². The Morgan fingerprint density at radius 3 is 1.56 bits per heavy atom. The Hall–Kier alpha value is -4.16. The van der Waals surface area contributed by atoms with Crippen LogP contribution < -0.4 is 21.7 Å². The van der Waals surface area contributed by atoms with Gasteiger partial charge in [0.25, 0.3) is 0 Å². The molecule has 2 aromatic carbocycles. The molecule has 0 bridgehead atoms. The number of aliphatic hydroxyl groups excluding tert-OH is 1. The fraction of sp³-hybridized carbons (Fsp3) is 0.407. The largest absolute Gasteiger partial charge is 0.508 e. The molecule has 0 saturated carbocycles. The second-order valence-electron chi connectivity index (χ2n) is 9.68. The van der Waals surface area contributed by atoms with Gasteiger partial charge in [-0.15, -0.1) is 0 Å². The molecule has 2 rings (SSSR count). The van der Waals surface area contributed by atoms with Crippen LogP contribution in [0.5, 0.6) is 11.5 Å². The molecule has 0 radical (unpaired) electrons. The van der Waals surface area contributed by atoms with Gasteiger partial charge in [0.2, 0.25) is 17.7 Å². The van der Waals surface area contributed by atoms with Crippen molar-refractivity contribution < 1.29 is 39.6 Å². The maximum atomic E-state index is 13.2. The number of phenolic OH excluding ortho intramolecular Hbond substituents is 2. The van der Waals surface area contributed by atoms with Crippen molar-refractivity contribution in [1.82, 2.24) is 16.0 Å². The number of rotatable bonds is 14. The number of nitrogens with one attached hydrogen (secondary N) is 3. The van der Waals surface area contributed by atoms with Crippen LogP contribution in [0.25, 0.3) is 0 Å². The normalized spacial score (nSPS) is 14.1. The van der Waals surface area contributed by atoms with E-state index < -0.39 is 54.5 Å². The molecule has 0 heterocycles. The number of phenols is 2. The van der Waals surface area contributed by atoms with Gasteiger partial charge < -0.3 is 42.1 Å². The molecule has 4 atom stereocenters. The highest BCUT2D eigenvalue weighted by Crippen LogP contribution is 2.14. The van der Waals surface area contributed by atoms with Gasteiger partial charge in [-0.1, -0.05) is 38.1 Å². The van der Waals surface area contributed by atoms with Crippen LogP contribution in [-0.2, 0) is 32.0 Å². The Balaban J connectivity index is 2.21. The fourth-order valence-electron chi connectivity index (χ4n) is 3.78. The number of carboxylic acid groups (broad SMARTS) is 1. The number of aliphatic carboxylic acids is 1. The molecule has 0 saturated heterocycles. The second-order valence-corrected chi connectivity index (χ2v) is 9.68. The van der Waals surface area contributed by atoms with Crippen molar-refractivity contribution in [3.8, 4) is 11.5 Å². The van der Waals surface area contributed by atoms with Crippen molar-refractivity contribution in [2.45, 2.75) is 57.3 Å². The highest BCUT2D eigenvalue weighted by atomic mass is 16.4. The first-order valence-electron chi connectivity index (χ1n) is 12.5. The minimum Gasteiger partial charge on any atom is -0.508 e. The minimum absolute atomic E-state index is 0.00188. The monoisotopic (exact) mass is 544 g/mol. The van der Waals surface area contributed by atoms with Crippen LogP contribution in [-0.4, -0.2) is 74.9 Å². The first kappa shape index (κ1) is 31.1. The lowest BCUT2D eigenvalue weighted by Gasteiger charge is -2.25. The number of aliphatic hydroxyl groups is 1. The van der Waals surface area contributed by atoms with E-state index in [4.69, 9.17) is 5.73 Å². The molecule has 0 aliphatic rings. The van der Waals surface area contributed by atoms with Gasteiger partial charge in [-0.3, -0.25) is 14.4 Å². The Labute approximate surface area is 226 Å². The van der Waals surface area contributed by atoms with Gasteiger partial charge in [-0.05, 0) is 47.7 Å². The van der Waals surface area contributed by atoms with Crippen LogP contribution in [0.15, 0.2) is 48.5 Å². The topological polar surface area (TPSA) is 211 Å². The average molecular weight is 545 g/mol. The summed E-state index contributed by atoms with van der Waals surface area (Å²) >= 11 is 0. The van der Waals surface area contributed by atoms with E-state index in [9.17, 15) is 39.6 Å². The number of hydrogen-bond acceptors (Lipinski definition) is 8. The van der Waals surface area contributed by atoms with Gasteiger partial charge in [0.15, 0.2) is 0 Å². The van der Waals surface area contributed by atoms with Crippen LogP contribution in [0.1, 0.15) is 31.4 Å². The van der Waals surface area contributed by atoms with Crippen molar-refractivity contribution in [1.29, 1.82) is 0 Å². The smallest absolute Gasteiger partial charge is 0.326 e. The molecular formula is C27H36N4O8. The van der Waals surface area contributed by atoms with Gasteiger partial charge >= 0.3 is 5.97 Å². The Morgan fingerprint density at radius 1 is 0.718 bits per heavy atom. The number of nitrogens with two attached hydrogens (primary N) is 1. The molecule has 0 aliphatic carbocycles. The Kier molecular flexibility index (Phi) is 11.7. The highest BCUT2D eigenvalue weighted by molar-refractivity contribution is 5.94. The van der Waals surface area contributed by atoms with E-state index in [1.807, 2.05) is 13.8 Å². The molecule has 212 valence electrons. The Bertz CT molecular complexity index is 1120. The van der Waals surface area contributed by atoms with Gasteiger partial charge in [-0.25, -0.2) is 4.79 Å². The summed E-state index contributed by atoms with van der Waals surface area (Å²) in [7, 11) is 0. The predicted octanol–water partition coefficient (Wildman–Crippen LogP) is -0.212. The van der Waals surface area contributed by atoms with E-state index in [0.717, 1.165) is 0 Å². The molecule has 12 heteroatoms. The molecule has 9 N–H and O–H groups in total. The summed E-state index contributed by atoms with van der Waals surface area (Å²) in [5.74, 6) is -3.53. The van der Waals surface area contributed by atoms with Crippen LogP contribution in [0.2, 0.25) is 0 Å². The number of carboxylic acids is 1. The summed E-state index contributed by atoms with van der Waals surface area (Å²) in [6.45, 7) is 2.99. The lowest BCUT2D eigenvalue weighted by molar-refractivity contribution is -0.142. The summed E-state index contributed by atoms with van der Waals surface area (Å²) in [6, 6.07) is 6.71. The number of hydrogen-bond donors (Lipinski definition) is 8. The molecular weight excluding hydrogens is 508 g/mol. The van der Waals surface area contributed by atoms with Crippen LogP contribution in [0.4, 0.5) is 0 Å². The van der Waals surface area contributed by atoms with Crippen molar-refractivity contribution in [2.24, 2.45) is 11.7 Å². The third kappa shape index (κ3) is 10.3. The maximum absolute atomic E-state index is 13.2. The van der Waals surface area contributed by atoms with Gasteiger partial charge in [-0.2, -0.15) is 0 Å². The molecule has 0 aliphatic heterocycles. The Morgan fingerprint density at radius 2 is 1.13 bits per heavy atom. The third-order valence-corrected chi connectivity index (χ3v) is 5.88. The lowest BCUT2D eigenvalue weighted by Crippen LogP contribution is -2.58. The predicted molar refractivity (Wildman–Crippen MR) is 142 cm³/mol. The van der Waals surface area contributed by atoms with Crippen LogP contribution in [0.3, 0.4) is 0 Å². The highest BCUT2D eigenvalue weighted by Gasteiger charge is 2.30. The number of carbonyl (C=O) groups excluding carboxylic acids is 3. The van der Waals surface area contributed by atoms with Crippen LogP contribution >= 0.6 is 0 Å². The zero-order valence-electron chi connectivity index (χ0n) is 21.8. The first-order valence-corrected chi connectivity index (χ1v) is 12.5. The third-order valence-electron chi connectivity index (χ3n) is 5.88. The first-order chi connectivity index (χ1) is 18.4. The minimum atomic E-state index is -1.40. The molecule has 3 amide bonds. The van der Waals surface area contributed by atoms with E-state index in [1.165, 1.54) is 48.5 Å². The molecule has 12 nitrogen and oxygen atoms in total. The molecule has 0 aromatic heterocycles. The molecule has 39 heavy (non-hydrogen) atoms. The van der Waals surface area contributed by atoms with Gasteiger partial charge in [0.05, 0.1) is 12.6 Å². The van der Waals surface area contributed by atoms with Crippen molar-refractivity contribution in [2.75, 3.05) is 6.61 Å². The molecule has 0 fully saturated rings. The summed E-state index contributed by atoms with van der Waals surface area (Å²) in [5.41, 5.74) is 6.95. The van der Waals surface area contributed by atoms with E-state index >= 15 is 0 Å². The second kappa shape index (κ2) is 14.7. The summed E-state index contributed by atoms with van der Waals surface area (Å²) < 4.78 is 0. The zero-order chi connectivity index (χ0) is 29.1. The number of carbonyl (C=O) groups is 4. The maximum Gasteiger partial charge on any atom is 0.326 e. The summed E-state index contributed by atoms with van der Waals surface area (Å²) in [5, 5.41) is 45.7. The zero-order valence-corrected chi connectivity index (χ0v) is 21.8. The van der Waals surface area contributed by atoms with E-state index in [-0.39, 0.29) is 30.3 Å². The van der Waals surface area contributed by atoms with Gasteiger partial charge in [0, 0.05) is 12.8 Å². The summed E-state index contributed by atoms with van der Waals surface area (Å²) in [6.07, 6.45) is 0.182.